The highest BCUT2D eigenvalue weighted by Gasteiger charge is 2.20. The normalized spacial score (nSPS) is 13.7. The lowest BCUT2D eigenvalue weighted by Crippen LogP contribution is -2.14. The molecular weight excluding hydrogens is 220 g/mol. The van der Waals surface area contributed by atoms with E-state index in [0.717, 1.165) is 25.2 Å². The van der Waals surface area contributed by atoms with Gasteiger partial charge in [0.15, 0.2) is 0 Å². The highest BCUT2D eigenvalue weighted by atomic mass is 15.1. The van der Waals surface area contributed by atoms with Crippen LogP contribution in [-0.4, -0.2) is 0 Å². The molecule has 0 amide bonds. The predicted octanol–water partition coefficient (Wildman–Crippen LogP) is 3.35. The number of hydrogen-bond acceptors (Lipinski definition) is 2. The fraction of sp³-hybridized carbons (Fsp3) is 0.250. The van der Waals surface area contributed by atoms with Crippen LogP contribution in [0.1, 0.15) is 23.6 Å². The van der Waals surface area contributed by atoms with Gasteiger partial charge < -0.3 is 10.6 Å². The van der Waals surface area contributed by atoms with Crippen LogP contribution in [0.5, 0.6) is 0 Å². The van der Waals surface area contributed by atoms with Crippen molar-refractivity contribution in [3.63, 3.8) is 0 Å². The summed E-state index contributed by atoms with van der Waals surface area (Å²) in [7, 11) is 0. The summed E-state index contributed by atoms with van der Waals surface area (Å²) in [6.45, 7) is 4.07. The van der Waals surface area contributed by atoms with Gasteiger partial charge in [-0.2, -0.15) is 0 Å². The molecule has 92 valence electrons. The summed E-state index contributed by atoms with van der Waals surface area (Å²) in [6.07, 6.45) is 1.09. The third kappa shape index (κ3) is 1.84. The quantitative estimate of drug-likeness (QED) is 0.813. The molecule has 3 rings (SSSR count). The molecule has 0 bridgehead atoms. The Morgan fingerprint density at radius 3 is 2.50 bits per heavy atom. The number of benzene rings is 2. The van der Waals surface area contributed by atoms with Crippen molar-refractivity contribution in [2.75, 3.05) is 10.6 Å². The summed E-state index contributed by atoms with van der Waals surface area (Å²) in [4.78, 5) is 2.38. The smallest absolute Gasteiger partial charge is 0.0457 e. The molecule has 2 N–H and O–H groups in total. The van der Waals surface area contributed by atoms with E-state index in [0.29, 0.717) is 0 Å². The number of nitrogens with zero attached hydrogens (tertiary/aromatic N) is 1. The van der Waals surface area contributed by atoms with Crippen molar-refractivity contribution >= 4 is 11.4 Å². The molecule has 0 aliphatic carbocycles. The standard InChI is InChI=1S/C16H18N2/c1-2-12-6-8-14(9-7-12)18-10-13-4-3-5-16(17)15(13)11-18/h3-9H,2,10-11,17H2,1H3. The highest BCUT2D eigenvalue weighted by Crippen LogP contribution is 2.31. The number of aryl methyl sites for hydroxylation is 1. The van der Waals surface area contributed by atoms with Gasteiger partial charge in [0.2, 0.25) is 0 Å². The Labute approximate surface area is 108 Å². The second-order valence-corrected chi connectivity index (χ2v) is 4.86. The van der Waals surface area contributed by atoms with Crippen LogP contribution in [0.2, 0.25) is 0 Å². The van der Waals surface area contributed by atoms with E-state index in [1.807, 2.05) is 12.1 Å². The monoisotopic (exact) mass is 238 g/mol. The largest absolute Gasteiger partial charge is 0.398 e. The Hall–Kier alpha value is -1.96. The second kappa shape index (κ2) is 4.37. The highest BCUT2D eigenvalue weighted by molar-refractivity contribution is 5.59. The summed E-state index contributed by atoms with van der Waals surface area (Å²) in [5.41, 5.74) is 12.3. The number of nitrogens with two attached hydrogens (primary N) is 1. The Morgan fingerprint density at radius 1 is 1.06 bits per heavy atom. The first kappa shape index (κ1) is 11.1. The van der Waals surface area contributed by atoms with Crippen molar-refractivity contribution in [1.29, 1.82) is 0 Å². The first-order valence-corrected chi connectivity index (χ1v) is 6.48. The average molecular weight is 238 g/mol. The lowest BCUT2D eigenvalue weighted by molar-refractivity contribution is 0.880. The van der Waals surface area contributed by atoms with Crippen molar-refractivity contribution in [3.05, 3.63) is 59.2 Å². The van der Waals surface area contributed by atoms with Crippen LogP contribution in [0.15, 0.2) is 42.5 Å². The zero-order valence-electron chi connectivity index (χ0n) is 10.7. The summed E-state index contributed by atoms with van der Waals surface area (Å²) in [5, 5.41) is 0. The van der Waals surface area contributed by atoms with Gasteiger partial charge >= 0.3 is 0 Å². The summed E-state index contributed by atoms with van der Waals surface area (Å²) >= 11 is 0. The van der Waals surface area contributed by atoms with E-state index in [2.05, 4.69) is 42.2 Å². The van der Waals surface area contributed by atoms with Crippen molar-refractivity contribution in [2.24, 2.45) is 0 Å². The van der Waals surface area contributed by atoms with Crippen molar-refractivity contribution in [1.82, 2.24) is 0 Å². The van der Waals surface area contributed by atoms with E-state index in [9.17, 15) is 0 Å². The number of hydrogen-bond donors (Lipinski definition) is 1. The first-order valence-electron chi connectivity index (χ1n) is 6.48. The minimum absolute atomic E-state index is 0.917. The minimum atomic E-state index is 0.917. The minimum Gasteiger partial charge on any atom is -0.398 e. The van der Waals surface area contributed by atoms with Gasteiger partial charge in [0.1, 0.15) is 0 Å². The lowest BCUT2D eigenvalue weighted by atomic mass is 10.1. The molecule has 2 aromatic rings. The van der Waals surface area contributed by atoms with Gasteiger partial charge in [0, 0.05) is 24.5 Å². The number of rotatable bonds is 2. The molecule has 1 aliphatic rings. The number of fused-ring (bicyclic) bond motifs is 1. The topological polar surface area (TPSA) is 29.3 Å². The summed E-state index contributed by atoms with van der Waals surface area (Å²) in [5.74, 6) is 0. The Kier molecular flexibility index (Phi) is 2.71. The third-order valence-corrected chi connectivity index (χ3v) is 3.73. The molecular formula is C16H18N2. The molecule has 0 unspecified atom stereocenters. The van der Waals surface area contributed by atoms with E-state index in [1.165, 1.54) is 22.4 Å². The fourth-order valence-electron chi connectivity index (χ4n) is 2.57. The molecule has 18 heavy (non-hydrogen) atoms. The Balaban J connectivity index is 1.86. The molecule has 2 nitrogen and oxygen atoms in total. The maximum absolute atomic E-state index is 6.03. The van der Waals surface area contributed by atoms with Crippen LogP contribution in [0.4, 0.5) is 11.4 Å². The molecule has 1 heterocycles. The summed E-state index contributed by atoms with van der Waals surface area (Å²) < 4.78 is 0. The third-order valence-electron chi connectivity index (χ3n) is 3.73. The molecule has 0 saturated heterocycles. The van der Waals surface area contributed by atoms with Crippen LogP contribution < -0.4 is 10.6 Å². The molecule has 1 aliphatic heterocycles. The van der Waals surface area contributed by atoms with Crippen LogP contribution >= 0.6 is 0 Å². The van der Waals surface area contributed by atoms with Crippen LogP contribution in [0.25, 0.3) is 0 Å². The van der Waals surface area contributed by atoms with Gasteiger partial charge in [-0.25, -0.2) is 0 Å². The van der Waals surface area contributed by atoms with Gasteiger partial charge in [-0.15, -0.1) is 0 Å². The Morgan fingerprint density at radius 2 is 1.83 bits per heavy atom. The zero-order chi connectivity index (χ0) is 12.5. The molecule has 0 saturated carbocycles. The van der Waals surface area contributed by atoms with Crippen LogP contribution in [0, 0.1) is 0 Å². The van der Waals surface area contributed by atoms with Gasteiger partial charge in [-0.3, -0.25) is 0 Å². The Bertz CT molecular complexity index is 558. The SMILES string of the molecule is CCc1ccc(N2Cc3cccc(N)c3C2)cc1. The first-order chi connectivity index (χ1) is 8.78. The molecule has 2 aromatic carbocycles. The van der Waals surface area contributed by atoms with Gasteiger partial charge in [-0.1, -0.05) is 31.2 Å². The predicted molar refractivity (Wildman–Crippen MR) is 76.6 cm³/mol. The number of anilines is 2. The average Bonchev–Trinajstić information content (AvgIpc) is 2.84. The summed E-state index contributed by atoms with van der Waals surface area (Å²) in [6, 6.07) is 15.0. The molecule has 0 aromatic heterocycles. The molecule has 0 spiro atoms. The van der Waals surface area contributed by atoms with E-state index in [4.69, 9.17) is 5.73 Å². The van der Waals surface area contributed by atoms with E-state index >= 15 is 0 Å². The van der Waals surface area contributed by atoms with Gasteiger partial charge in [0.25, 0.3) is 0 Å². The zero-order valence-corrected chi connectivity index (χ0v) is 10.7. The molecule has 0 radical (unpaired) electrons. The van der Waals surface area contributed by atoms with Crippen molar-refractivity contribution < 1.29 is 0 Å². The van der Waals surface area contributed by atoms with Crippen LogP contribution in [0.3, 0.4) is 0 Å². The number of nitrogen functional groups attached to an aromatic ring is 1. The van der Waals surface area contributed by atoms with Crippen molar-refractivity contribution in [2.45, 2.75) is 26.4 Å². The van der Waals surface area contributed by atoms with Gasteiger partial charge in [-0.05, 0) is 41.3 Å². The van der Waals surface area contributed by atoms with Gasteiger partial charge in [0.05, 0.1) is 0 Å². The molecule has 0 fully saturated rings. The van der Waals surface area contributed by atoms with E-state index in [1.54, 1.807) is 0 Å². The van der Waals surface area contributed by atoms with Crippen molar-refractivity contribution in [3.8, 4) is 0 Å². The second-order valence-electron chi connectivity index (χ2n) is 4.86. The molecule has 0 atom stereocenters. The van der Waals surface area contributed by atoms with E-state index < -0.39 is 0 Å². The molecule has 2 heteroatoms. The van der Waals surface area contributed by atoms with E-state index in [-0.39, 0.29) is 0 Å². The van der Waals surface area contributed by atoms with Crippen LogP contribution in [-0.2, 0) is 19.5 Å². The lowest BCUT2D eigenvalue weighted by Gasteiger charge is -2.18. The fourth-order valence-corrected chi connectivity index (χ4v) is 2.57. The maximum Gasteiger partial charge on any atom is 0.0457 e. The maximum atomic E-state index is 6.03.